The van der Waals surface area contributed by atoms with E-state index in [0.717, 1.165) is 24.0 Å². The van der Waals surface area contributed by atoms with Crippen LogP contribution < -0.4 is 0 Å². The Bertz CT molecular complexity index is 736. The van der Waals surface area contributed by atoms with Gasteiger partial charge in [-0.25, -0.2) is 13.4 Å². The quantitative estimate of drug-likeness (QED) is 0.874. The Morgan fingerprint density at radius 3 is 2.41 bits per heavy atom. The summed E-state index contributed by atoms with van der Waals surface area (Å²) in [6.45, 7) is 3.33. The van der Waals surface area contributed by atoms with Crippen molar-refractivity contribution in [1.82, 2.24) is 9.29 Å². The number of benzene rings is 1. The van der Waals surface area contributed by atoms with Gasteiger partial charge in [0, 0.05) is 19.3 Å². The standard InChI is InChI=1S/C17H20N2O2S/c1-14-8-11-19(12-9-14)22(20,21)17-13-16(7-10-18-17)15-5-3-2-4-6-15/h2-7,10,13-14H,8-9,11-12H2,1H3. The predicted molar refractivity (Wildman–Crippen MR) is 86.8 cm³/mol. The molecule has 0 aliphatic carbocycles. The highest BCUT2D eigenvalue weighted by molar-refractivity contribution is 7.89. The van der Waals surface area contributed by atoms with Gasteiger partial charge in [0.05, 0.1) is 0 Å². The van der Waals surface area contributed by atoms with Crippen LogP contribution in [0.15, 0.2) is 53.7 Å². The van der Waals surface area contributed by atoms with Crippen LogP contribution in [0.1, 0.15) is 19.8 Å². The molecule has 5 heteroatoms. The highest BCUT2D eigenvalue weighted by atomic mass is 32.2. The summed E-state index contributed by atoms with van der Waals surface area (Å²) in [5.41, 5.74) is 1.87. The van der Waals surface area contributed by atoms with Gasteiger partial charge in [-0.1, -0.05) is 37.3 Å². The highest BCUT2D eigenvalue weighted by Crippen LogP contribution is 2.25. The molecule has 0 N–H and O–H groups in total. The van der Waals surface area contributed by atoms with Crippen LogP contribution >= 0.6 is 0 Å². The Balaban J connectivity index is 1.91. The molecule has 0 radical (unpaired) electrons. The fourth-order valence-corrected chi connectivity index (χ4v) is 4.14. The van der Waals surface area contributed by atoms with Crippen LogP contribution in [0.4, 0.5) is 0 Å². The van der Waals surface area contributed by atoms with E-state index in [9.17, 15) is 8.42 Å². The normalized spacial score (nSPS) is 17.5. The number of hydrogen-bond donors (Lipinski definition) is 0. The first-order chi connectivity index (χ1) is 10.6. The molecule has 0 bridgehead atoms. The molecule has 0 atom stereocenters. The zero-order chi connectivity index (χ0) is 15.6. The molecule has 116 valence electrons. The molecule has 0 unspecified atom stereocenters. The van der Waals surface area contributed by atoms with Crippen LogP contribution in [-0.2, 0) is 10.0 Å². The zero-order valence-electron chi connectivity index (χ0n) is 12.6. The summed E-state index contributed by atoms with van der Waals surface area (Å²) in [6.07, 6.45) is 3.40. The van der Waals surface area contributed by atoms with Gasteiger partial charge in [-0.05, 0) is 42.0 Å². The lowest BCUT2D eigenvalue weighted by molar-refractivity contribution is 0.287. The van der Waals surface area contributed by atoms with Crippen molar-refractivity contribution in [3.63, 3.8) is 0 Å². The second-order valence-corrected chi connectivity index (χ2v) is 7.72. The van der Waals surface area contributed by atoms with Crippen LogP contribution in [0.3, 0.4) is 0 Å². The average Bonchev–Trinajstić information content (AvgIpc) is 2.56. The van der Waals surface area contributed by atoms with E-state index in [1.165, 1.54) is 0 Å². The second-order valence-electron chi connectivity index (χ2n) is 5.84. The number of sulfonamides is 1. The minimum absolute atomic E-state index is 0.142. The van der Waals surface area contributed by atoms with Gasteiger partial charge in [0.1, 0.15) is 0 Å². The largest absolute Gasteiger partial charge is 0.260 e. The average molecular weight is 316 g/mol. The smallest absolute Gasteiger partial charge is 0.243 e. The lowest BCUT2D eigenvalue weighted by Crippen LogP contribution is -2.38. The van der Waals surface area contributed by atoms with E-state index in [1.807, 2.05) is 36.4 Å². The molecule has 0 spiro atoms. The summed E-state index contributed by atoms with van der Waals surface area (Å²) < 4.78 is 27.0. The van der Waals surface area contributed by atoms with Crippen molar-refractivity contribution in [2.75, 3.05) is 13.1 Å². The Kier molecular flexibility index (Phi) is 4.27. The molecule has 1 aliphatic rings. The Hall–Kier alpha value is -1.72. The first-order valence-electron chi connectivity index (χ1n) is 7.59. The lowest BCUT2D eigenvalue weighted by atomic mass is 10.0. The van der Waals surface area contributed by atoms with Crippen LogP contribution in [0.5, 0.6) is 0 Å². The van der Waals surface area contributed by atoms with Crippen molar-refractivity contribution in [2.45, 2.75) is 24.8 Å². The maximum atomic E-state index is 12.7. The zero-order valence-corrected chi connectivity index (χ0v) is 13.5. The topological polar surface area (TPSA) is 50.3 Å². The first-order valence-corrected chi connectivity index (χ1v) is 9.03. The van der Waals surface area contributed by atoms with Crippen LogP contribution in [0.2, 0.25) is 0 Å². The van der Waals surface area contributed by atoms with E-state index in [4.69, 9.17) is 0 Å². The summed E-state index contributed by atoms with van der Waals surface area (Å²) >= 11 is 0. The number of rotatable bonds is 3. The maximum Gasteiger partial charge on any atom is 0.260 e. The molecule has 0 amide bonds. The Morgan fingerprint density at radius 2 is 1.73 bits per heavy atom. The van der Waals surface area contributed by atoms with E-state index in [2.05, 4.69) is 11.9 Å². The maximum absolute atomic E-state index is 12.7. The van der Waals surface area contributed by atoms with Crippen LogP contribution in [-0.4, -0.2) is 30.8 Å². The minimum atomic E-state index is -3.49. The molecule has 3 rings (SSSR count). The summed E-state index contributed by atoms with van der Waals surface area (Å²) in [6, 6.07) is 13.3. The van der Waals surface area contributed by atoms with Gasteiger partial charge < -0.3 is 0 Å². The monoisotopic (exact) mass is 316 g/mol. The van der Waals surface area contributed by atoms with E-state index >= 15 is 0 Å². The van der Waals surface area contributed by atoms with E-state index in [-0.39, 0.29) is 5.03 Å². The van der Waals surface area contributed by atoms with Crippen LogP contribution in [0.25, 0.3) is 11.1 Å². The summed E-state index contributed by atoms with van der Waals surface area (Å²) in [5.74, 6) is 0.593. The number of aromatic nitrogens is 1. The van der Waals surface area contributed by atoms with Gasteiger partial charge in [0.2, 0.25) is 0 Å². The first kappa shape index (κ1) is 15.2. The highest BCUT2D eigenvalue weighted by Gasteiger charge is 2.29. The van der Waals surface area contributed by atoms with Gasteiger partial charge in [-0.3, -0.25) is 0 Å². The van der Waals surface area contributed by atoms with Crippen molar-refractivity contribution in [2.24, 2.45) is 5.92 Å². The van der Waals surface area contributed by atoms with E-state index in [0.29, 0.717) is 19.0 Å². The lowest BCUT2D eigenvalue weighted by Gasteiger charge is -2.29. The van der Waals surface area contributed by atoms with E-state index in [1.54, 1.807) is 16.6 Å². The number of piperidine rings is 1. The third kappa shape index (κ3) is 3.05. The van der Waals surface area contributed by atoms with Gasteiger partial charge in [-0.15, -0.1) is 0 Å². The SMILES string of the molecule is CC1CCN(S(=O)(=O)c2cc(-c3ccccc3)ccn2)CC1. The van der Waals surface area contributed by atoms with Crippen molar-refractivity contribution in [3.8, 4) is 11.1 Å². The summed E-state index contributed by atoms with van der Waals surface area (Å²) in [5, 5.41) is 0.142. The Morgan fingerprint density at radius 1 is 1.05 bits per heavy atom. The molecule has 2 heterocycles. The van der Waals surface area contributed by atoms with Gasteiger partial charge >= 0.3 is 0 Å². The fraction of sp³-hybridized carbons (Fsp3) is 0.353. The van der Waals surface area contributed by atoms with Crippen LogP contribution in [0, 0.1) is 5.92 Å². The van der Waals surface area contributed by atoms with E-state index < -0.39 is 10.0 Å². The van der Waals surface area contributed by atoms with Crippen molar-refractivity contribution >= 4 is 10.0 Å². The molecule has 1 aromatic heterocycles. The van der Waals surface area contributed by atoms with Gasteiger partial charge in [0.25, 0.3) is 10.0 Å². The Labute approximate surface area is 131 Å². The molecule has 22 heavy (non-hydrogen) atoms. The van der Waals surface area contributed by atoms with Gasteiger partial charge in [-0.2, -0.15) is 4.31 Å². The third-order valence-electron chi connectivity index (χ3n) is 4.19. The molecular weight excluding hydrogens is 296 g/mol. The molecule has 4 nitrogen and oxygen atoms in total. The summed E-state index contributed by atoms with van der Waals surface area (Å²) in [4.78, 5) is 4.10. The molecule has 1 aliphatic heterocycles. The molecule has 2 aromatic rings. The minimum Gasteiger partial charge on any atom is -0.243 e. The molecule has 1 saturated heterocycles. The van der Waals surface area contributed by atoms with Crippen molar-refractivity contribution < 1.29 is 8.42 Å². The fourth-order valence-electron chi connectivity index (χ4n) is 2.72. The molecule has 1 fully saturated rings. The second kappa shape index (κ2) is 6.18. The third-order valence-corrected chi connectivity index (χ3v) is 5.99. The predicted octanol–water partition coefficient (Wildman–Crippen LogP) is 3.17. The van der Waals surface area contributed by atoms with Crippen molar-refractivity contribution in [1.29, 1.82) is 0 Å². The molecule has 1 aromatic carbocycles. The number of nitrogens with zero attached hydrogens (tertiary/aromatic N) is 2. The number of pyridine rings is 1. The molecule has 0 saturated carbocycles. The molecular formula is C17H20N2O2S. The summed E-state index contributed by atoms with van der Waals surface area (Å²) in [7, 11) is -3.49. The van der Waals surface area contributed by atoms with Gasteiger partial charge in [0.15, 0.2) is 5.03 Å². The number of hydrogen-bond acceptors (Lipinski definition) is 3. The van der Waals surface area contributed by atoms with Crippen molar-refractivity contribution in [3.05, 3.63) is 48.7 Å².